The van der Waals surface area contributed by atoms with E-state index in [9.17, 15) is 4.79 Å². The fraction of sp³-hybridized carbons (Fsp3) is 0.400. The summed E-state index contributed by atoms with van der Waals surface area (Å²) in [5.41, 5.74) is 0.921. The number of nitrogens with zero attached hydrogens (tertiary/aromatic N) is 2. The van der Waals surface area contributed by atoms with Crippen LogP contribution in [0.25, 0.3) is 11.5 Å². The number of rotatable bonds is 3. The highest BCUT2D eigenvalue weighted by atomic mass is 16.6. The number of anilines is 1. The normalized spacial score (nSPS) is 11.2. The summed E-state index contributed by atoms with van der Waals surface area (Å²) in [4.78, 5) is 15.9. The Labute approximate surface area is 123 Å². The van der Waals surface area contributed by atoms with Crippen LogP contribution in [0.15, 0.2) is 28.8 Å². The lowest BCUT2D eigenvalue weighted by atomic mass is 10.2. The van der Waals surface area contributed by atoms with Gasteiger partial charge in [0, 0.05) is 17.7 Å². The summed E-state index contributed by atoms with van der Waals surface area (Å²) in [6.45, 7) is 7.41. The van der Waals surface area contributed by atoms with Gasteiger partial charge in [-0.3, -0.25) is 5.32 Å². The minimum absolute atomic E-state index is 0.468. The summed E-state index contributed by atoms with van der Waals surface area (Å²) in [5.74, 6) is 1.14. The van der Waals surface area contributed by atoms with E-state index in [2.05, 4.69) is 15.5 Å². The first-order chi connectivity index (χ1) is 9.87. The van der Waals surface area contributed by atoms with Crippen molar-refractivity contribution >= 4 is 11.8 Å². The predicted molar refractivity (Wildman–Crippen MR) is 79.0 cm³/mol. The molecule has 1 aromatic heterocycles. The molecule has 2 aromatic rings. The summed E-state index contributed by atoms with van der Waals surface area (Å²) in [6, 6.07) is 7.13. The Morgan fingerprint density at radius 1 is 1.29 bits per heavy atom. The summed E-state index contributed by atoms with van der Waals surface area (Å²) < 4.78 is 10.3. The number of nitrogens with one attached hydrogen (secondary N) is 1. The summed E-state index contributed by atoms with van der Waals surface area (Å²) in [7, 11) is 0. The molecule has 0 aliphatic carbocycles. The van der Waals surface area contributed by atoms with Gasteiger partial charge in [-0.2, -0.15) is 4.98 Å². The minimum Gasteiger partial charge on any atom is -0.444 e. The number of carbonyl (C=O) groups is 1. The number of carbonyl (C=O) groups excluding carboxylic acids is 1. The van der Waals surface area contributed by atoms with E-state index < -0.39 is 11.7 Å². The van der Waals surface area contributed by atoms with E-state index in [1.165, 1.54) is 0 Å². The second kappa shape index (κ2) is 5.95. The van der Waals surface area contributed by atoms with Crippen molar-refractivity contribution in [3.63, 3.8) is 0 Å². The number of amides is 1. The quantitative estimate of drug-likeness (QED) is 0.933. The van der Waals surface area contributed by atoms with Gasteiger partial charge in [-0.05, 0) is 45.0 Å². The van der Waals surface area contributed by atoms with E-state index in [0.29, 0.717) is 17.4 Å². The number of aromatic nitrogens is 2. The lowest BCUT2D eigenvalue weighted by molar-refractivity contribution is 0.0636. The molecule has 2 rings (SSSR count). The second-order valence-corrected chi connectivity index (χ2v) is 5.57. The summed E-state index contributed by atoms with van der Waals surface area (Å²) in [6.07, 6.45) is 0.239. The molecule has 0 fully saturated rings. The molecular weight excluding hydrogens is 270 g/mol. The van der Waals surface area contributed by atoms with Crippen molar-refractivity contribution in [3.8, 4) is 11.5 Å². The third-order valence-electron chi connectivity index (χ3n) is 2.56. The van der Waals surface area contributed by atoms with Crippen molar-refractivity contribution in [2.75, 3.05) is 5.32 Å². The van der Waals surface area contributed by atoms with Gasteiger partial charge in [-0.1, -0.05) is 12.1 Å². The van der Waals surface area contributed by atoms with Crippen LogP contribution in [0.5, 0.6) is 0 Å². The average Bonchev–Trinajstić information content (AvgIpc) is 2.86. The molecule has 0 aliphatic rings. The van der Waals surface area contributed by atoms with Gasteiger partial charge >= 0.3 is 6.09 Å². The van der Waals surface area contributed by atoms with E-state index in [0.717, 1.165) is 12.0 Å². The molecule has 0 aliphatic heterocycles. The van der Waals surface area contributed by atoms with Crippen LogP contribution in [0, 0.1) is 0 Å². The van der Waals surface area contributed by atoms with E-state index in [1.54, 1.807) is 24.3 Å². The van der Waals surface area contributed by atoms with Crippen molar-refractivity contribution in [1.82, 2.24) is 10.1 Å². The molecule has 0 saturated heterocycles. The fourth-order valence-electron chi connectivity index (χ4n) is 1.63. The van der Waals surface area contributed by atoms with E-state index in [4.69, 9.17) is 9.26 Å². The van der Waals surface area contributed by atoms with Gasteiger partial charge in [-0.25, -0.2) is 4.79 Å². The molecule has 0 atom stereocenters. The van der Waals surface area contributed by atoms with Crippen molar-refractivity contribution < 1.29 is 14.1 Å². The zero-order valence-corrected chi connectivity index (χ0v) is 12.6. The lowest BCUT2D eigenvalue weighted by Gasteiger charge is -2.19. The third-order valence-corrected chi connectivity index (χ3v) is 2.56. The SMILES string of the molecule is CCc1noc(-c2ccc(NC(=O)OC(C)(C)C)cc2)n1. The number of aryl methyl sites for hydroxylation is 1. The summed E-state index contributed by atoms with van der Waals surface area (Å²) >= 11 is 0. The molecule has 1 aromatic carbocycles. The maximum atomic E-state index is 11.7. The largest absolute Gasteiger partial charge is 0.444 e. The van der Waals surface area contributed by atoms with Gasteiger partial charge < -0.3 is 9.26 Å². The van der Waals surface area contributed by atoms with Gasteiger partial charge in [0.15, 0.2) is 5.82 Å². The van der Waals surface area contributed by atoms with Crippen molar-refractivity contribution in [1.29, 1.82) is 0 Å². The topological polar surface area (TPSA) is 77.2 Å². The number of benzene rings is 1. The zero-order valence-electron chi connectivity index (χ0n) is 12.6. The number of hydrogen-bond donors (Lipinski definition) is 1. The Bertz CT molecular complexity index is 612. The Balaban J connectivity index is 2.03. The maximum Gasteiger partial charge on any atom is 0.412 e. The molecule has 1 N–H and O–H groups in total. The molecule has 0 unspecified atom stereocenters. The van der Waals surface area contributed by atoms with Gasteiger partial charge in [0.1, 0.15) is 5.60 Å². The number of hydrogen-bond acceptors (Lipinski definition) is 5. The van der Waals surface area contributed by atoms with Crippen LogP contribution >= 0.6 is 0 Å². The highest BCUT2D eigenvalue weighted by Crippen LogP contribution is 2.20. The average molecular weight is 289 g/mol. The summed E-state index contributed by atoms with van der Waals surface area (Å²) in [5, 5.41) is 6.51. The van der Waals surface area contributed by atoms with Gasteiger partial charge in [0.25, 0.3) is 5.89 Å². The van der Waals surface area contributed by atoms with Crippen LogP contribution in [0.4, 0.5) is 10.5 Å². The second-order valence-electron chi connectivity index (χ2n) is 5.57. The molecule has 1 heterocycles. The molecule has 0 saturated carbocycles. The first-order valence-corrected chi connectivity index (χ1v) is 6.80. The molecule has 21 heavy (non-hydrogen) atoms. The first-order valence-electron chi connectivity index (χ1n) is 6.80. The molecule has 6 heteroatoms. The molecular formula is C15H19N3O3. The monoisotopic (exact) mass is 289 g/mol. The standard InChI is InChI=1S/C15H19N3O3/c1-5-12-17-13(21-18-12)10-6-8-11(9-7-10)16-14(19)20-15(2,3)4/h6-9H,5H2,1-4H3,(H,16,19). The van der Waals surface area contributed by atoms with E-state index >= 15 is 0 Å². The van der Waals surface area contributed by atoms with Crippen LogP contribution in [0.1, 0.15) is 33.5 Å². The Hall–Kier alpha value is -2.37. The zero-order chi connectivity index (χ0) is 15.5. The molecule has 1 amide bonds. The Kier molecular flexibility index (Phi) is 4.26. The maximum absolute atomic E-state index is 11.7. The van der Waals surface area contributed by atoms with Gasteiger partial charge in [0.2, 0.25) is 0 Å². The molecule has 0 radical (unpaired) electrons. The smallest absolute Gasteiger partial charge is 0.412 e. The molecule has 0 spiro atoms. The highest BCUT2D eigenvalue weighted by Gasteiger charge is 2.16. The van der Waals surface area contributed by atoms with E-state index in [1.807, 2.05) is 27.7 Å². The van der Waals surface area contributed by atoms with Crippen LogP contribution in [-0.4, -0.2) is 21.8 Å². The van der Waals surface area contributed by atoms with Crippen LogP contribution in [0.2, 0.25) is 0 Å². The predicted octanol–water partition coefficient (Wildman–Crippen LogP) is 3.65. The Morgan fingerprint density at radius 3 is 2.48 bits per heavy atom. The van der Waals surface area contributed by atoms with Gasteiger partial charge in [-0.15, -0.1) is 0 Å². The van der Waals surface area contributed by atoms with Crippen molar-refractivity contribution in [3.05, 3.63) is 30.1 Å². The number of ether oxygens (including phenoxy) is 1. The third kappa shape index (κ3) is 4.30. The van der Waals surface area contributed by atoms with Crippen LogP contribution < -0.4 is 5.32 Å². The van der Waals surface area contributed by atoms with Crippen molar-refractivity contribution in [2.24, 2.45) is 0 Å². The minimum atomic E-state index is -0.523. The van der Waals surface area contributed by atoms with Gasteiger partial charge in [0.05, 0.1) is 0 Å². The highest BCUT2D eigenvalue weighted by molar-refractivity contribution is 5.85. The van der Waals surface area contributed by atoms with E-state index in [-0.39, 0.29) is 0 Å². The van der Waals surface area contributed by atoms with Crippen molar-refractivity contribution in [2.45, 2.75) is 39.7 Å². The van der Waals surface area contributed by atoms with Crippen LogP contribution in [-0.2, 0) is 11.2 Å². The van der Waals surface area contributed by atoms with Crippen LogP contribution in [0.3, 0.4) is 0 Å². The fourth-order valence-corrected chi connectivity index (χ4v) is 1.63. The molecule has 0 bridgehead atoms. The Morgan fingerprint density at radius 2 is 1.95 bits per heavy atom. The molecule has 6 nitrogen and oxygen atoms in total. The lowest BCUT2D eigenvalue weighted by Crippen LogP contribution is -2.27. The molecule has 112 valence electrons. The first kappa shape index (κ1) is 15.0.